The largest absolute Gasteiger partial charge is 0.384 e. The minimum atomic E-state index is -0.129. The number of aromatic nitrogens is 1. The van der Waals surface area contributed by atoms with Gasteiger partial charge in [-0.25, -0.2) is 4.98 Å². The van der Waals surface area contributed by atoms with Crippen molar-refractivity contribution < 1.29 is 4.79 Å². The molecule has 106 valence electrons. The fraction of sp³-hybridized carbons (Fsp3) is 0.333. The van der Waals surface area contributed by atoms with Crippen molar-refractivity contribution in [3.63, 3.8) is 0 Å². The van der Waals surface area contributed by atoms with Gasteiger partial charge in [0.05, 0.1) is 11.9 Å². The minimum Gasteiger partial charge on any atom is -0.384 e. The fourth-order valence-electron chi connectivity index (χ4n) is 1.95. The van der Waals surface area contributed by atoms with Crippen LogP contribution in [0.4, 0.5) is 5.69 Å². The van der Waals surface area contributed by atoms with Gasteiger partial charge in [0.25, 0.3) is 5.91 Å². The van der Waals surface area contributed by atoms with Gasteiger partial charge in [-0.2, -0.15) is 11.3 Å². The molecule has 0 bridgehead atoms. The van der Waals surface area contributed by atoms with Crippen molar-refractivity contribution in [2.24, 2.45) is 0 Å². The van der Waals surface area contributed by atoms with Crippen molar-refractivity contribution >= 4 is 22.9 Å². The molecule has 0 spiro atoms. The van der Waals surface area contributed by atoms with E-state index in [0.29, 0.717) is 5.69 Å². The molecular formula is C15H19N3OS. The van der Waals surface area contributed by atoms with E-state index >= 15 is 0 Å². The number of anilines is 1. The lowest BCUT2D eigenvalue weighted by molar-refractivity contribution is 0.0935. The third kappa shape index (κ3) is 4.06. The van der Waals surface area contributed by atoms with Gasteiger partial charge in [-0.3, -0.25) is 4.79 Å². The molecule has 1 unspecified atom stereocenters. The molecule has 0 aliphatic rings. The molecule has 2 aromatic rings. The van der Waals surface area contributed by atoms with Crippen LogP contribution in [-0.2, 0) is 6.42 Å². The molecule has 2 N–H and O–H groups in total. The highest BCUT2D eigenvalue weighted by Crippen LogP contribution is 2.09. The summed E-state index contributed by atoms with van der Waals surface area (Å²) in [7, 11) is 0. The zero-order valence-corrected chi connectivity index (χ0v) is 12.5. The smallest absolute Gasteiger partial charge is 0.270 e. The predicted octanol–water partition coefficient (Wildman–Crippen LogP) is 2.94. The molecule has 0 saturated heterocycles. The number of nitrogens with one attached hydrogen (secondary N) is 2. The first-order chi connectivity index (χ1) is 9.69. The topological polar surface area (TPSA) is 54.0 Å². The highest BCUT2D eigenvalue weighted by atomic mass is 32.1. The van der Waals surface area contributed by atoms with Gasteiger partial charge >= 0.3 is 0 Å². The van der Waals surface area contributed by atoms with Crippen LogP contribution in [0, 0.1) is 0 Å². The molecule has 1 atom stereocenters. The van der Waals surface area contributed by atoms with Gasteiger partial charge < -0.3 is 10.6 Å². The first-order valence-electron chi connectivity index (χ1n) is 6.71. The van der Waals surface area contributed by atoms with Crippen LogP contribution in [-0.4, -0.2) is 23.5 Å². The minimum absolute atomic E-state index is 0.0901. The SMILES string of the molecule is CCNc1ccc(C(=O)NC(C)Cc2ccsc2)nc1. The van der Waals surface area contributed by atoms with E-state index < -0.39 is 0 Å². The van der Waals surface area contributed by atoms with Crippen LogP contribution >= 0.6 is 11.3 Å². The highest BCUT2D eigenvalue weighted by molar-refractivity contribution is 7.07. The second kappa shape index (κ2) is 7.05. The van der Waals surface area contributed by atoms with Crippen molar-refractivity contribution in [2.45, 2.75) is 26.3 Å². The average Bonchev–Trinajstić information content (AvgIpc) is 2.92. The van der Waals surface area contributed by atoms with E-state index in [1.807, 2.05) is 25.3 Å². The average molecular weight is 289 g/mol. The van der Waals surface area contributed by atoms with Crippen molar-refractivity contribution in [1.29, 1.82) is 0 Å². The highest BCUT2D eigenvalue weighted by Gasteiger charge is 2.11. The Morgan fingerprint density at radius 1 is 1.40 bits per heavy atom. The fourth-order valence-corrected chi connectivity index (χ4v) is 2.63. The summed E-state index contributed by atoms with van der Waals surface area (Å²) in [5.74, 6) is -0.129. The lowest BCUT2D eigenvalue weighted by atomic mass is 10.1. The van der Waals surface area contributed by atoms with Gasteiger partial charge in [0.1, 0.15) is 5.69 Å². The number of pyridine rings is 1. The zero-order valence-electron chi connectivity index (χ0n) is 11.7. The van der Waals surface area contributed by atoms with E-state index in [1.54, 1.807) is 23.6 Å². The van der Waals surface area contributed by atoms with Crippen LogP contribution in [0.1, 0.15) is 29.9 Å². The lowest BCUT2D eigenvalue weighted by Gasteiger charge is -2.13. The van der Waals surface area contributed by atoms with Crippen molar-refractivity contribution in [2.75, 3.05) is 11.9 Å². The Kier molecular flexibility index (Phi) is 5.12. The molecule has 20 heavy (non-hydrogen) atoms. The number of hydrogen-bond donors (Lipinski definition) is 2. The van der Waals surface area contributed by atoms with Crippen LogP contribution < -0.4 is 10.6 Å². The van der Waals surface area contributed by atoms with E-state index in [4.69, 9.17) is 0 Å². The molecular weight excluding hydrogens is 270 g/mol. The normalized spacial score (nSPS) is 11.9. The van der Waals surface area contributed by atoms with Crippen molar-refractivity contribution in [3.05, 3.63) is 46.4 Å². The van der Waals surface area contributed by atoms with Crippen molar-refractivity contribution in [3.8, 4) is 0 Å². The molecule has 0 saturated carbocycles. The van der Waals surface area contributed by atoms with E-state index in [1.165, 1.54) is 5.56 Å². The van der Waals surface area contributed by atoms with Crippen molar-refractivity contribution in [1.82, 2.24) is 10.3 Å². The van der Waals surface area contributed by atoms with E-state index in [9.17, 15) is 4.79 Å². The maximum absolute atomic E-state index is 12.1. The Balaban J connectivity index is 1.90. The van der Waals surface area contributed by atoms with Crippen LogP contribution in [0.2, 0.25) is 0 Å². The van der Waals surface area contributed by atoms with Crippen LogP contribution in [0.25, 0.3) is 0 Å². The Morgan fingerprint density at radius 2 is 2.25 bits per heavy atom. The Hall–Kier alpha value is -1.88. The molecule has 2 heterocycles. The van der Waals surface area contributed by atoms with Gasteiger partial charge in [-0.15, -0.1) is 0 Å². The molecule has 0 aliphatic carbocycles. The van der Waals surface area contributed by atoms with Crippen LogP contribution in [0.15, 0.2) is 35.2 Å². The number of thiophene rings is 1. The second-order valence-corrected chi connectivity index (χ2v) is 5.45. The van der Waals surface area contributed by atoms with Gasteiger partial charge in [-0.1, -0.05) is 0 Å². The molecule has 0 fully saturated rings. The molecule has 2 rings (SSSR count). The van der Waals surface area contributed by atoms with E-state index in [0.717, 1.165) is 18.7 Å². The number of carbonyl (C=O) groups excluding carboxylic acids is 1. The first kappa shape index (κ1) is 14.5. The summed E-state index contributed by atoms with van der Waals surface area (Å²) in [6.07, 6.45) is 2.52. The first-order valence-corrected chi connectivity index (χ1v) is 7.65. The van der Waals surface area contributed by atoms with Gasteiger partial charge in [0, 0.05) is 12.6 Å². The standard InChI is InChI=1S/C15H19N3OS/c1-3-16-13-4-5-14(17-9-13)15(19)18-11(2)8-12-6-7-20-10-12/h4-7,9-11,16H,3,8H2,1-2H3,(H,18,19). The number of carbonyl (C=O) groups is 1. The number of rotatable bonds is 6. The summed E-state index contributed by atoms with van der Waals surface area (Å²) in [6, 6.07) is 5.78. The molecule has 0 aromatic carbocycles. The van der Waals surface area contributed by atoms with Gasteiger partial charge in [0.2, 0.25) is 0 Å². The lowest BCUT2D eigenvalue weighted by Crippen LogP contribution is -2.34. The zero-order chi connectivity index (χ0) is 14.4. The summed E-state index contributed by atoms with van der Waals surface area (Å²) < 4.78 is 0. The summed E-state index contributed by atoms with van der Waals surface area (Å²) in [5, 5.41) is 10.3. The van der Waals surface area contributed by atoms with E-state index in [2.05, 4.69) is 27.1 Å². The monoisotopic (exact) mass is 289 g/mol. The summed E-state index contributed by atoms with van der Waals surface area (Å²) in [6.45, 7) is 4.86. The number of hydrogen-bond acceptors (Lipinski definition) is 4. The molecule has 0 aliphatic heterocycles. The molecule has 1 amide bonds. The Morgan fingerprint density at radius 3 is 2.85 bits per heavy atom. The number of amides is 1. The summed E-state index contributed by atoms with van der Waals surface area (Å²) >= 11 is 1.67. The summed E-state index contributed by atoms with van der Waals surface area (Å²) in [4.78, 5) is 16.2. The molecule has 0 radical (unpaired) electrons. The van der Waals surface area contributed by atoms with Crippen LogP contribution in [0.3, 0.4) is 0 Å². The third-order valence-electron chi connectivity index (χ3n) is 2.88. The third-order valence-corrected chi connectivity index (χ3v) is 3.61. The Bertz CT molecular complexity index is 537. The Labute approximate surface area is 123 Å². The quantitative estimate of drug-likeness (QED) is 0.859. The van der Waals surface area contributed by atoms with Crippen LogP contribution in [0.5, 0.6) is 0 Å². The molecule has 5 heteroatoms. The summed E-state index contributed by atoms with van der Waals surface area (Å²) in [5.41, 5.74) is 2.62. The van der Waals surface area contributed by atoms with Gasteiger partial charge in [0.15, 0.2) is 0 Å². The van der Waals surface area contributed by atoms with Gasteiger partial charge in [-0.05, 0) is 54.8 Å². The molecule has 4 nitrogen and oxygen atoms in total. The maximum atomic E-state index is 12.1. The number of nitrogens with zero attached hydrogens (tertiary/aromatic N) is 1. The predicted molar refractivity (Wildman–Crippen MR) is 83.4 cm³/mol. The maximum Gasteiger partial charge on any atom is 0.270 e. The molecule has 2 aromatic heterocycles. The van der Waals surface area contributed by atoms with E-state index in [-0.39, 0.29) is 11.9 Å². The second-order valence-electron chi connectivity index (χ2n) is 4.67.